The topological polar surface area (TPSA) is 39.5 Å². The third kappa shape index (κ3) is 5.14. The third-order valence-electron chi connectivity index (χ3n) is 0.439. The first-order chi connectivity index (χ1) is 3.27. The summed E-state index contributed by atoms with van der Waals surface area (Å²) in [6.07, 6.45) is 3.12. The maximum absolute atomic E-state index is 6.31. The summed E-state index contributed by atoms with van der Waals surface area (Å²) >= 11 is 0. The minimum absolute atomic E-state index is 1.42. The fraction of sp³-hybridized carbons (Fsp3) is 0.500. The number of rotatable bonds is 2. The van der Waals surface area contributed by atoms with Crippen molar-refractivity contribution in [3.8, 4) is 0 Å². The third-order valence-corrected chi connectivity index (χ3v) is 0.439. The Bertz CT molecular complexity index is 75.0. The average Bonchev–Trinajstić information content (AvgIpc) is 1.61. The lowest BCUT2D eigenvalue weighted by molar-refractivity contribution is 0.561. The van der Waals surface area contributed by atoms with Crippen molar-refractivity contribution in [2.75, 3.05) is 14.1 Å². The van der Waals surface area contributed by atoms with Gasteiger partial charge >= 0.3 is 0 Å². The van der Waals surface area contributed by atoms with Crippen molar-refractivity contribution < 1.29 is 0 Å². The summed E-state index contributed by atoms with van der Waals surface area (Å²) in [6, 6.07) is 0. The molecule has 3 nitrogen and oxygen atoms in total. The van der Waals surface area contributed by atoms with Gasteiger partial charge in [0.2, 0.25) is 0 Å². The van der Waals surface area contributed by atoms with E-state index in [1.165, 1.54) is 6.20 Å². The van der Waals surface area contributed by atoms with Crippen LogP contribution in [0.1, 0.15) is 0 Å². The lowest BCUT2D eigenvalue weighted by atomic mass is 10.8. The molecule has 0 aliphatic rings. The van der Waals surface area contributed by atoms with Crippen molar-refractivity contribution in [2.24, 2.45) is 5.11 Å². The monoisotopic (exact) mass is 99.1 g/mol. The van der Waals surface area contributed by atoms with Crippen LogP contribution in [0.3, 0.4) is 0 Å². The van der Waals surface area contributed by atoms with Gasteiger partial charge in [-0.3, -0.25) is 0 Å². The van der Waals surface area contributed by atoms with Crippen LogP contribution in [0.25, 0.3) is 0 Å². The molecule has 3 heteroatoms. The zero-order chi connectivity index (χ0) is 5.70. The molecule has 1 N–H and O–H groups in total. The molecule has 0 saturated heterocycles. The fourth-order valence-electron chi connectivity index (χ4n) is 0.167. The van der Waals surface area contributed by atoms with Gasteiger partial charge < -0.3 is 4.90 Å². The second kappa shape index (κ2) is 3.33. The molecule has 0 heterocycles. The summed E-state index contributed by atoms with van der Waals surface area (Å²) in [5.41, 5.74) is 6.31. The number of nitrogens with zero attached hydrogens (tertiary/aromatic N) is 2. The van der Waals surface area contributed by atoms with Gasteiger partial charge in [-0.15, -0.1) is 0 Å². The first-order valence-electron chi connectivity index (χ1n) is 1.97. The molecule has 0 rings (SSSR count). The lowest BCUT2D eigenvalue weighted by Crippen LogP contribution is -1.99. The molecule has 7 heavy (non-hydrogen) atoms. The van der Waals surface area contributed by atoms with E-state index < -0.39 is 0 Å². The van der Waals surface area contributed by atoms with Gasteiger partial charge in [-0.05, 0) is 0 Å². The molecule has 0 saturated carbocycles. The Morgan fingerprint density at radius 1 is 1.57 bits per heavy atom. The van der Waals surface area contributed by atoms with Gasteiger partial charge in [0.15, 0.2) is 0 Å². The number of hydrogen-bond donors (Lipinski definition) is 1. The van der Waals surface area contributed by atoms with Crippen LogP contribution in [0.5, 0.6) is 0 Å². The maximum Gasteiger partial charge on any atom is 0.0647 e. The highest BCUT2D eigenvalue weighted by molar-refractivity contribution is 4.73. The molecule has 40 valence electrons. The molecule has 0 aromatic rings. The molecule has 0 radical (unpaired) electrons. The molecule has 0 unspecified atom stereocenters. The van der Waals surface area contributed by atoms with Crippen LogP contribution in [-0.2, 0) is 0 Å². The quantitative estimate of drug-likeness (QED) is 0.516. The number of nitrogens with one attached hydrogen (secondary N) is 1. The molecule has 0 bridgehead atoms. The minimum Gasteiger partial charge on any atom is -0.382 e. The van der Waals surface area contributed by atoms with E-state index in [1.54, 1.807) is 6.20 Å². The highest BCUT2D eigenvalue weighted by Crippen LogP contribution is 1.75. The van der Waals surface area contributed by atoms with Gasteiger partial charge in [0.05, 0.1) is 6.20 Å². The standard InChI is InChI=1S/C4H9N3/c1-7(2)4-3-6-5/h3-5H,1-2H3/b4-3-,6-5?. The van der Waals surface area contributed by atoms with Crippen LogP contribution < -0.4 is 0 Å². The molecule has 0 fully saturated rings. The molecule has 0 aromatic carbocycles. The zero-order valence-electron chi connectivity index (χ0n) is 4.55. The molecule has 0 spiro atoms. The molecular weight excluding hydrogens is 90.1 g/mol. The van der Waals surface area contributed by atoms with E-state index >= 15 is 0 Å². The van der Waals surface area contributed by atoms with E-state index in [-0.39, 0.29) is 0 Å². The van der Waals surface area contributed by atoms with E-state index in [4.69, 9.17) is 5.53 Å². The van der Waals surface area contributed by atoms with Crippen LogP contribution in [0.2, 0.25) is 0 Å². The van der Waals surface area contributed by atoms with Crippen LogP contribution in [0, 0.1) is 5.53 Å². The van der Waals surface area contributed by atoms with Gasteiger partial charge in [0, 0.05) is 20.3 Å². The van der Waals surface area contributed by atoms with E-state index in [2.05, 4.69) is 5.11 Å². The largest absolute Gasteiger partial charge is 0.382 e. The summed E-state index contributed by atoms with van der Waals surface area (Å²) in [6.45, 7) is 0. The highest BCUT2D eigenvalue weighted by atomic mass is 15.0. The molecule has 0 aromatic heterocycles. The lowest BCUT2D eigenvalue weighted by Gasteiger charge is -1.99. The van der Waals surface area contributed by atoms with Crippen molar-refractivity contribution in [3.63, 3.8) is 0 Å². The molecule has 0 aliphatic heterocycles. The zero-order valence-corrected chi connectivity index (χ0v) is 4.55. The van der Waals surface area contributed by atoms with E-state index in [0.717, 1.165) is 0 Å². The van der Waals surface area contributed by atoms with Gasteiger partial charge in [-0.25, -0.2) is 5.53 Å². The second-order valence-electron chi connectivity index (χ2n) is 1.39. The highest BCUT2D eigenvalue weighted by Gasteiger charge is 1.68. The first-order valence-corrected chi connectivity index (χ1v) is 1.97. The van der Waals surface area contributed by atoms with Crippen LogP contribution in [0.4, 0.5) is 0 Å². The van der Waals surface area contributed by atoms with E-state index in [1.807, 2.05) is 19.0 Å². The Balaban J connectivity index is 3.25. The first kappa shape index (κ1) is 6.14. The van der Waals surface area contributed by atoms with Crippen molar-refractivity contribution in [3.05, 3.63) is 12.4 Å². The Morgan fingerprint density at radius 3 is 2.29 bits per heavy atom. The van der Waals surface area contributed by atoms with Crippen molar-refractivity contribution in [1.82, 2.24) is 4.90 Å². The Morgan fingerprint density at radius 2 is 2.14 bits per heavy atom. The Kier molecular flexibility index (Phi) is 2.92. The van der Waals surface area contributed by atoms with Gasteiger partial charge in [0.1, 0.15) is 0 Å². The van der Waals surface area contributed by atoms with Gasteiger partial charge in [-0.1, -0.05) is 0 Å². The smallest absolute Gasteiger partial charge is 0.0647 e. The number of hydrogen-bond acceptors (Lipinski definition) is 3. The summed E-state index contributed by atoms with van der Waals surface area (Å²) in [5.74, 6) is 0. The van der Waals surface area contributed by atoms with Crippen LogP contribution in [0.15, 0.2) is 17.5 Å². The van der Waals surface area contributed by atoms with Crippen LogP contribution in [-0.4, -0.2) is 19.0 Å². The Hall–Kier alpha value is -0.860. The predicted octanol–water partition coefficient (Wildman–Crippen LogP) is 1.05. The van der Waals surface area contributed by atoms with Crippen molar-refractivity contribution >= 4 is 0 Å². The fourth-order valence-corrected chi connectivity index (χ4v) is 0.167. The SMILES string of the molecule is CN(C)/C=C\N=N. The molecule has 0 aliphatic carbocycles. The predicted molar refractivity (Wildman–Crippen MR) is 28.0 cm³/mol. The van der Waals surface area contributed by atoms with Gasteiger partial charge in [-0.2, -0.15) is 5.11 Å². The molecular formula is C4H9N3. The van der Waals surface area contributed by atoms with Crippen LogP contribution >= 0.6 is 0 Å². The summed E-state index contributed by atoms with van der Waals surface area (Å²) in [5, 5.41) is 3.00. The molecule has 0 amide bonds. The van der Waals surface area contributed by atoms with Crippen molar-refractivity contribution in [1.29, 1.82) is 5.53 Å². The molecule has 0 atom stereocenters. The minimum atomic E-state index is 1.42. The normalized spacial score (nSPS) is 9.43. The van der Waals surface area contributed by atoms with Crippen molar-refractivity contribution in [2.45, 2.75) is 0 Å². The maximum atomic E-state index is 6.31. The van der Waals surface area contributed by atoms with E-state index in [9.17, 15) is 0 Å². The Labute approximate surface area is 43.1 Å². The summed E-state index contributed by atoms with van der Waals surface area (Å²) < 4.78 is 0. The van der Waals surface area contributed by atoms with E-state index in [0.29, 0.717) is 0 Å². The average molecular weight is 99.1 g/mol. The van der Waals surface area contributed by atoms with Gasteiger partial charge in [0.25, 0.3) is 0 Å². The second-order valence-corrected chi connectivity index (χ2v) is 1.39. The summed E-state index contributed by atoms with van der Waals surface area (Å²) in [4.78, 5) is 1.82. The summed E-state index contributed by atoms with van der Waals surface area (Å²) in [7, 11) is 3.75.